The van der Waals surface area contributed by atoms with E-state index >= 15 is 0 Å². The van der Waals surface area contributed by atoms with Gasteiger partial charge in [-0.3, -0.25) is 14.6 Å². The quantitative estimate of drug-likeness (QED) is 0.466. The van der Waals surface area contributed by atoms with Gasteiger partial charge in [-0.05, 0) is 20.3 Å². The van der Waals surface area contributed by atoms with Crippen LogP contribution in [0.5, 0.6) is 0 Å². The van der Waals surface area contributed by atoms with Crippen molar-refractivity contribution in [2.45, 2.75) is 38.6 Å². The molecule has 2 fully saturated rings. The molecule has 8 nitrogen and oxygen atoms in total. The molecule has 8 heteroatoms. The highest BCUT2D eigenvalue weighted by molar-refractivity contribution is 5.80. The first-order valence-corrected chi connectivity index (χ1v) is 9.98. The second-order valence-corrected chi connectivity index (χ2v) is 7.60. The van der Waals surface area contributed by atoms with E-state index in [1.807, 2.05) is 31.2 Å². The van der Waals surface area contributed by atoms with Crippen molar-refractivity contribution in [1.82, 2.24) is 24.9 Å². The lowest BCUT2D eigenvalue weighted by Gasteiger charge is -2.36. The Hall–Kier alpha value is -1.64. The maximum absolute atomic E-state index is 5.93. The fraction of sp³-hybridized carbons (Fsp3) is 0.789. The van der Waals surface area contributed by atoms with Crippen LogP contribution >= 0.6 is 0 Å². The summed E-state index contributed by atoms with van der Waals surface area (Å²) in [5.74, 6) is 0.955. The Morgan fingerprint density at radius 2 is 2.07 bits per heavy atom. The van der Waals surface area contributed by atoms with Gasteiger partial charge in [-0.15, -0.1) is 0 Å². The molecule has 3 unspecified atom stereocenters. The van der Waals surface area contributed by atoms with Gasteiger partial charge in [-0.25, -0.2) is 0 Å². The molecule has 2 aliphatic heterocycles. The molecule has 0 aromatic carbocycles. The van der Waals surface area contributed by atoms with Crippen molar-refractivity contribution in [3.8, 4) is 0 Å². The minimum atomic E-state index is 0.0438. The molecule has 2 saturated heterocycles. The Bertz CT molecular complexity index is 609. The molecule has 1 aromatic rings. The number of guanidine groups is 1. The summed E-state index contributed by atoms with van der Waals surface area (Å²) < 4.78 is 13.6. The number of ether oxygens (including phenoxy) is 2. The van der Waals surface area contributed by atoms with E-state index in [0.717, 1.165) is 57.2 Å². The number of nitrogens with zero attached hydrogens (tertiary/aromatic N) is 5. The zero-order valence-corrected chi connectivity index (χ0v) is 17.1. The lowest BCUT2D eigenvalue weighted by molar-refractivity contribution is -0.0679. The van der Waals surface area contributed by atoms with Gasteiger partial charge < -0.3 is 19.7 Å². The summed E-state index contributed by atoms with van der Waals surface area (Å²) >= 11 is 0. The van der Waals surface area contributed by atoms with Crippen LogP contribution in [0.25, 0.3) is 0 Å². The third kappa shape index (κ3) is 5.67. The van der Waals surface area contributed by atoms with Crippen molar-refractivity contribution in [3.05, 3.63) is 18.0 Å². The highest BCUT2D eigenvalue weighted by atomic mass is 16.5. The van der Waals surface area contributed by atoms with Crippen LogP contribution in [0.3, 0.4) is 0 Å². The van der Waals surface area contributed by atoms with E-state index in [0.29, 0.717) is 18.8 Å². The number of morpholine rings is 2. The first-order valence-electron chi connectivity index (χ1n) is 9.98. The Morgan fingerprint density at radius 1 is 1.30 bits per heavy atom. The highest BCUT2D eigenvalue weighted by Gasteiger charge is 2.25. The second-order valence-electron chi connectivity index (χ2n) is 7.60. The number of aryl methyl sites for hydroxylation is 1. The second kappa shape index (κ2) is 9.52. The standard InChI is InChI=1S/C19H34N6O2/c1-15-11-24(12-16(2)27-15)7-5-6-21-19(20-3)25-8-9-26-18(14-25)17-10-22-23(4)13-17/h10,13,15-16,18H,5-9,11-12,14H2,1-4H3,(H,20,21). The smallest absolute Gasteiger partial charge is 0.193 e. The zero-order valence-electron chi connectivity index (χ0n) is 17.1. The van der Waals surface area contributed by atoms with Crippen LogP contribution in [0.4, 0.5) is 0 Å². The van der Waals surface area contributed by atoms with E-state index < -0.39 is 0 Å². The van der Waals surface area contributed by atoms with Crippen LogP contribution in [0.1, 0.15) is 31.9 Å². The molecule has 3 heterocycles. The van der Waals surface area contributed by atoms with E-state index in [9.17, 15) is 0 Å². The molecule has 3 atom stereocenters. The third-order valence-electron chi connectivity index (χ3n) is 5.10. The molecule has 2 aliphatic rings. The summed E-state index contributed by atoms with van der Waals surface area (Å²) in [7, 11) is 3.78. The fourth-order valence-corrected chi connectivity index (χ4v) is 3.95. The number of hydrogen-bond donors (Lipinski definition) is 1. The van der Waals surface area contributed by atoms with Crippen LogP contribution in [0, 0.1) is 0 Å². The largest absolute Gasteiger partial charge is 0.373 e. The van der Waals surface area contributed by atoms with Crippen molar-refractivity contribution >= 4 is 5.96 Å². The van der Waals surface area contributed by atoms with Crippen LogP contribution in [0.2, 0.25) is 0 Å². The Labute approximate surface area is 162 Å². The first kappa shape index (κ1) is 20.1. The Balaban J connectivity index is 1.43. The molecule has 0 saturated carbocycles. The van der Waals surface area contributed by atoms with Gasteiger partial charge in [0.25, 0.3) is 0 Å². The van der Waals surface area contributed by atoms with Gasteiger partial charge in [0.2, 0.25) is 0 Å². The molecule has 0 aliphatic carbocycles. The molecule has 3 rings (SSSR count). The molecule has 27 heavy (non-hydrogen) atoms. The summed E-state index contributed by atoms with van der Waals surface area (Å²) in [4.78, 5) is 9.25. The van der Waals surface area contributed by atoms with E-state index in [1.165, 1.54) is 0 Å². The van der Waals surface area contributed by atoms with Gasteiger partial charge in [0.1, 0.15) is 6.10 Å². The monoisotopic (exact) mass is 378 g/mol. The fourth-order valence-electron chi connectivity index (χ4n) is 3.95. The summed E-state index contributed by atoms with van der Waals surface area (Å²) in [6.45, 7) is 10.7. The van der Waals surface area contributed by atoms with Crippen LogP contribution in [-0.4, -0.2) is 90.7 Å². The average molecular weight is 379 g/mol. The Morgan fingerprint density at radius 3 is 2.74 bits per heavy atom. The van der Waals surface area contributed by atoms with E-state index in [4.69, 9.17) is 9.47 Å². The summed E-state index contributed by atoms with van der Waals surface area (Å²) in [5, 5.41) is 7.78. The number of rotatable bonds is 5. The van der Waals surface area contributed by atoms with Crippen molar-refractivity contribution in [2.24, 2.45) is 12.0 Å². The third-order valence-corrected chi connectivity index (χ3v) is 5.10. The minimum Gasteiger partial charge on any atom is -0.373 e. The van der Waals surface area contributed by atoms with Gasteiger partial charge in [0.15, 0.2) is 5.96 Å². The molecule has 1 N–H and O–H groups in total. The van der Waals surface area contributed by atoms with Crippen molar-refractivity contribution in [3.63, 3.8) is 0 Å². The molecular weight excluding hydrogens is 344 g/mol. The maximum atomic E-state index is 5.93. The maximum Gasteiger partial charge on any atom is 0.193 e. The lowest BCUT2D eigenvalue weighted by atomic mass is 10.1. The number of aliphatic imine (C=N–C) groups is 1. The van der Waals surface area contributed by atoms with Crippen molar-refractivity contribution in [1.29, 1.82) is 0 Å². The number of aromatic nitrogens is 2. The molecule has 1 aromatic heterocycles. The topological polar surface area (TPSA) is 67.2 Å². The SMILES string of the molecule is CN=C(NCCCN1CC(C)OC(C)C1)N1CCOC(c2cnn(C)c2)C1. The molecule has 152 valence electrons. The van der Waals surface area contributed by atoms with Gasteiger partial charge in [-0.2, -0.15) is 5.10 Å². The van der Waals surface area contributed by atoms with Gasteiger partial charge in [0.05, 0.1) is 31.6 Å². The summed E-state index contributed by atoms with van der Waals surface area (Å²) in [6, 6.07) is 0. The summed E-state index contributed by atoms with van der Waals surface area (Å²) in [6.07, 6.45) is 5.69. The van der Waals surface area contributed by atoms with Crippen LogP contribution < -0.4 is 5.32 Å². The number of nitrogens with one attached hydrogen (secondary N) is 1. The van der Waals surface area contributed by atoms with Crippen LogP contribution in [-0.2, 0) is 16.5 Å². The van der Waals surface area contributed by atoms with E-state index in [1.54, 1.807) is 0 Å². The minimum absolute atomic E-state index is 0.0438. The molecule has 0 bridgehead atoms. The van der Waals surface area contributed by atoms with Gasteiger partial charge in [0, 0.05) is 58.6 Å². The van der Waals surface area contributed by atoms with Crippen molar-refractivity contribution < 1.29 is 9.47 Å². The Kier molecular flexibility index (Phi) is 7.09. The van der Waals surface area contributed by atoms with Gasteiger partial charge >= 0.3 is 0 Å². The van der Waals surface area contributed by atoms with E-state index in [2.05, 4.69) is 39.1 Å². The van der Waals surface area contributed by atoms with Crippen molar-refractivity contribution in [2.75, 3.05) is 52.9 Å². The summed E-state index contributed by atoms with van der Waals surface area (Å²) in [5.41, 5.74) is 1.12. The molecule has 0 spiro atoms. The molecule has 0 radical (unpaired) electrons. The van der Waals surface area contributed by atoms with Crippen LogP contribution in [0.15, 0.2) is 17.4 Å². The first-order chi connectivity index (χ1) is 13.0. The van der Waals surface area contributed by atoms with Gasteiger partial charge in [-0.1, -0.05) is 0 Å². The molecule has 0 amide bonds. The predicted octanol–water partition coefficient (Wildman–Crippen LogP) is 0.868. The normalized spacial score (nSPS) is 27.8. The average Bonchev–Trinajstić information content (AvgIpc) is 3.08. The molecular formula is C19H34N6O2. The predicted molar refractivity (Wildman–Crippen MR) is 106 cm³/mol. The zero-order chi connectivity index (χ0) is 19.2. The number of hydrogen-bond acceptors (Lipinski definition) is 5. The van der Waals surface area contributed by atoms with E-state index in [-0.39, 0.29) is 6.10 Å². The highest BCUT2D eigenvalue weighted by Crippen LogP contribution is 2.21. The lowest BCUT2D eigenvalue weighted by Crippen LogP contribution is -2.49.